The van der Waals surface area contributed by atoms with Crippen LogP contribution >= 0.6 is 0 Å². The number of Topliss-reactive ketones (excluding diaryl/α,β-unsaturated/α-hetero) is 1. The van der Waals surface area contributed by atoms with Gasteiger partial charge in [0.1, 0.15) is 11.6 Å². The van der Waals surface area contributed by atoms with Crippen LogP contribution in [-0.2, 0) is 15.1 Å². The normalized spacial score (nSPS) is 13.6. The van der Waals surface area contributed by atoms with Crippen LogP contribution in [0.15, 0.2) is 53.1 Å². The van der Waals surface area contributed by atoms with Gasteiger partial charge in [-0.3, -0.25) is 9.59 Å². The smallest absolute Gasteiger partial charge is 0.425 e. The molecule has 10 heteroatoms. The summed E-state index contributed by atoms with van der Waals surface area (Å²) in [5, 5.41) is 10.1. The number of rotatable bonds is 7. The molecule has 1 unspecified atom stereocenters. The van der Waals surface area contributed by atoms with E-state index in [1.54, 1.807) is 24.5 Å². The highest BCUT2D eigenvalue weighted by Gasteiger charge is 2.58. The van der Waals surface area contributed by atoms with Crippen molar-refractivity contribution in [1.29, 1.82) is 0 Å². The van der Waals surface area contributed by atoms with Crippen LogP contribution in [0, 0.1) is 19.7 Å². The number of ketones is 1. The van der Waals surface area contributed by atoms with E-state index >= 15 is 0 Å². The Bertz CT molecular complexity index is 1130. The average molecular weight is 453 g/mol. The lowest BCUT2D eigenvalue weighted by molar-refractivity contribution is -0.275. The summed E-state index contributed by atoms with van der Waals surface area (Å²) in [4.78, 5) is 24.6. The maximum atomic E-state index is 13.6. The molecule has 32 heavy (non-hydrogen) atoms. The number of aliphatic hydroxyl groups is 1. The molecule has 1 N–H and O–H groups in total. The fourth-order valence-electron chi connectivity index (χ4n) is 3.38. The Labute approximate surface area is 180 Å². The third kappa shape index (κ3) is 4.45. The van der Waals surface area contributed by atoms with Crippen molar-refractivity contribution in [3.05, 3.63) is 77.3 Å². The molecule has 0 aliphatic rings. The molecule has 0 saturated carbocycles. The first-order valence-electron chi connectivity index (χ1n) is 9.41. The number of alkyl halides is 3. The quantitative estimate of drug-likeness (QED) is 0.326. The van der Waals surface area contributed by atoms with Gasteiger partial charge in [-0.05, 0) is 50.2 Å². The van der Waals surface area contributed by atoms with Gasteiger partial charge in [-0.15, -0.1) is 0 Å². The first kappa shape index (κ1) is 23.3. The number of hydrogen-bond acceptors (Lipinski definition) is 5. The van der Waals surface area contributed by atoms with Gasteiger partial charge in [0.2, 0.25) is 11.4 Å². The molecule has 0 aliphatic heterocycles. The number of hydrogen-bond donors (Lipinski definition) is 1. The van der Waals surface area contributed by atoms with Gasteiger partial charge < -0.3 is 18.8 Å². The summed E-state index contributed by atoms with van der Waals surface area (Å²) < 4.78 is 64.6. The lowest BCUT2D eigenvalue weighted by Crippen LogP contribution is -2.44. The third-order valence-corrected chi connectivity index (χ3v) is 4.96. The molecular weight excluding hydrogens is 434 g/mol. The van der Waals surface area contributed by atoms with E-state index in [9.17, 15) is 32.3 Å². The summed E-state index contributed by atoms with van der Waals surface area (Å²) in [6.45, 7) is 2.46. The Kier molecular flexibility index (Phi) is 6.27. The summed E-state index contributed by atoms with van der Waals surface area (Å²) >= 11 is 0. The Morgan fingerprint density at radius 1 is 1.12 bits per heavy atom. The van der Waals surface area contributed by atoms with E-state index < -0.39 is 48.1 Å². The first-order chi connectivity index (χ1) is 14.9. The molecule has 1 aromatic carbocycles. The molecule has 6 nitrogen and oxygen atoms in total. The van der Waals surface area contributed by atoms with E-state index in [0.717, 1.165) is 18.4 Å². The number of nitrogens with zero attached hydrogens (tertiary/aromatic N) is 1. The first-order valence-corrected chi connectivity index (χ1v) is 9.41. The Morgan fingerprint density at radius 2 is 1.84 bits per heavy atom. The number of ether oxygens (including phenoxy) is 1. The van der Waals surface area contributed by atoms with Crippen molar-refractivity contribution >= 4 is 11.8 Å². The molecule has 0 amide bonds. The number of aromatic nitrogens is 1. The van der Waals surface area contributed by atoms with Gasteiger partial charge in [-0.25, -0.2) is 4.39 Å². The molecule has 0 fully saturated rings. The lowest BCUT2D eigenvalue weighted by atomic mass is 9.96. The minimum absolute atomic E-state index is 0.164. The SMILES string of the molecule is Cc1cc(C(=O)COC(=O)CC(O)(c2ccco2)C(F)(F)F)c(C)n1-c1cccc(F)c1. The monoisotopic (exact) mass is 453 g/mol. The summed E-state index contributed by atoms with van der Waals surface area (Å²) in [5.41, 5.74) is -1.91. The molecule has 0 spiro atoms. The Morgan fingerprint density at radius 3 is 2.44 bits per heavy atom. The van der Waals surface area contributed by atoms with Crippen molar-refractivity contribution < 1.29 is 41.4 Å². The van der Waals surface area contributed by atoms with E-state index in [4.69, 9.17) is 4.74 Å². The Hall–Kier alpha value is -3.40. The number of halogens is 4. The van der Waals surface area contributed by atoms with Crippen LogP contribution in [0.25, 0.3) is 5.69 Å². The molecular formula is C22H19F4NO5. The van der Waals surface area contributed by atoms with Crippen LogP contribution in [0.4, 0.5) is 17.6 Å². The molecule has 1 atom stereocenters. The zero-order valence-corrected chi connectivity index (χ0v) is 17.1. The van der Waals surface area contributed by atoms with Gasteiger partial charge in [0.15, 0.2) is 6.61 Å². The predicted molar refractivity (Wildman–Crippen MR) is 104 cm³/mol. The predicted octanol–water partition coefficient (Wildman–Crippen LogP) is 4.39. The van der Waals surface area contributed by atoms with Crippen LogP contribution in [0.1, 0.15) is 33.9 Å². The minimum atomic E-state index is -5.22. The third-order valence-electron chi connectivity index (χ3n) is 4.96. The number of esters is 1. The zero-order chi connectivity index (χ0) is 23.7. The minimum Gasteiger partial charge on any atom is -0.466 e. The molecule has 0 aliphatic carbocycles. The van der Waals surface area contributed by atoms with Crippen molar-refractivity contribution in [2.75, 3.05) is 6.61 Å². The van der Waals surface area contributed by atoms with Gasteiger partial charge in [0.25, 0.3) is 0 Å². The van der Waals surface area contributed by atoms with Crippen molar-refractivity contribution in [2.45, 2.75) is 32.0 Å². The second-order valence-corrected chi connectivity index (χ2v) is 7.20. The average Bonchev–Trinajstić information content (AvgIpc) is 3.34. The largest absolute Gasteiger partial charge is 0.466 e. The summed E-state index contributed by atoms with van der Waals surface area (Å²) in [5.74, 6) is -3.44. The summed E-state index contributed by atoms with van der Waals surface area (Å²) in [7, 11) is 0. The number of benzene rings is 1. The van der Waals surface area contributed by atoms with E-state index in [0.29, 0.717) is 17.1 Å². The van der Waals surface area contributed by atoms with Gasteiger partial charge >= 0.3 is 12.1 Å². The number of carbonyl (C=O) groups excluding carboxylic acids is 2. The maximum absolute atomic E-state index is 13.6. The van der Waals surface area contributed by atoms with Gasteiger partial charge in [0.05, 0.1) is 12.7 Å². The van der Waals surface area contributed by atoms with Crippen molar-refractivity contribution in [1.82, 2.24) is 4.57 Å². The van der Waals surface area contributed by atoms with Gasteiger partial charge in [0, 0.05) is 22.6 Å². The van der Waals surface area contributed by atoms with E-state index in [2.05, 4.69) is 4.42 Å². The molecule has 3 aromatic rings. The molecule has 0 saturated heterocycles. The van der Waals surface area contributed by atoms with E-state index in [1.807, 2.05) is 0 Å². The van der Waals surface area contributed by atoms with Crippen LogP contribution < -0.4 is 0 Å². The Balaban J connectivity index is 1.73. The lowest BCUT2D eigenvalue weighted by Gasteiger charge is -2.27. The topological polar surface area (TPSA) is 81.7 Å². The second-order valence-electron chi connectivity index (χ2n) is 7.20. The number of aryl methyl sites for hydroxylation is 1. The summed E-state index contributed by atoms with van der Waals surface area (Å²) in [6.07, 6.45) is -5.78. The van der Waals surface area contributed by atoms with Crippen LogP contribution in [0.3, 0.4) is 0 Å². The molecule has 2 heterocycles. The molecule has 2 aromatic heterocycles. The van der Waals surface area contributed by atoms with E-state index in [1.165, 1.54) is 24.3 Å². The van der Waals surface area contributed by atoms with E-state index in [-0.39, 0.29) is 5.56 Å². The molecule has 0 bridgehead atoms. The number of carbonyl (C=O) groups is 2. The summed E-state index contributed by atoms with van der Waals surface area (Å²) in [6, 6.07) is 9.22. The highest BCUT2D eigenvalue weighted by Crippen LogP contribution is 2.42. The maximum Gasteiger partial charge on any atom is 0.425 e. The fourth-order valence-corrected chi connectivity index (χ4v) is 3.38. The second kappa shape index (κ2) is 8.62. The van der Waals surface area contributed by atoms with Crippen LogP contribution in [0.5, 0.6) is 0 Å². The molecule has 170 valence electrons. The van der Waals surface area contributed by atoms with Crippen LogP contribution in [-0.4, -0.2) is 34.2 Å². The highest BCUT2D eigenvalue weighted by molar-refractivity contribution is 5.99. The zero-order valence-electron chi connectivity index (χ0n) is 17.1. The standard InChI is InChI=1S/C22H19F4NO5/c1-13-9-17(14(2)27(13)16-6-3-5-15(23)10-16)18(28)12-32-20(29)11-21(30,22(24,25)26)19-7-4-8-31-19/h3-10,30H,11-12H2,1-2H3. The van der Waals surface area contributed by atoms with Crippen molar-refractivity contribution in [3.63, 3.8) is 0 Å². The van der Waals surface area contributed by atoms with Gasteiger partial charge in [-0.1, -0.05) is 6.07 Å². The van der Waals surface area contributed by atoms with Gasteiger partial charge in [-0.2, -0.15) is 13.2 Å². The van der Waals surface area contributed by atoms with Crippen molar-refractivity contribution in [3.8, 4) is 5.69 Å². The molecule has 3 rings (SSSR count). The van der Waals surface area contributed by atoms with Crippen LogP contribution in [0.2, 0.25) is 0 Å². The van der Waals surface area contributed by atoms with Crippen molar-refractivity contribution in [2.24, 2.45) is 0 Å². The molecule has 0 radical (unpaired) electrons. The fraction of sp³-hybridized carbons (Fsp3) is 0.273. The number of furan rings is 1. The highest BCUT2D eigenvalue weighted by atomic mass is 19.4.